The molecule has 0 aromatic rings. The van der Waals surface area contributed by atoms with Crippen LogP contribution in [-0.4, -0.2) is 42.7 Å². The van der Waals surface area contributed by atoms with Crippen LogP contribution in [0.4, 0.5) is 0 Å². The average Bonchev–Trinajstić information content (AvgIpc) is 2.32. The van der Waals surface area contributed by atoms with Gasteiger partial charge in [0.15, 0.2) is 0 Å². The Morgan fingerprint density at radius 1 is 1.25 bits per heavy atom. The average molecular weight is 303 g/mol. The summed E-state index contributed by atoms with van der Waals surface area (Å²) in [4.78, 5) is 13.1. The predicted octanol–water partition coefficient (Wildman–Crippen LogP) is 2.15. The molecule has 1 aliphatic heterocycles. The monoisotopic (exact) mass is 302 g/mol. The van der Waals surface area contributed by atoms with Gasteiger partial charge in [0.2, 0.25) is 0 Å². The summed E-state index contributed by atoms with van der Waals surface area (Å²) in [5.41, 5.74) is 0.602. The normalized spacial score (nSPS) is 28.1. The Balaban J connectivity index is 2.40. The topological polar surface area (TPSA) is 30.7 Å². The summed E-state index contributed by atoms with van der Waals surface area (Å²) in [6.07, 6.45) is 5.98. The first-order valence-electron chi connectivity index (χ1n) is 7.68. The molecule has 1 fully saturated rings. The van der Waals surface area contributed by atoms with Gasteiger partial charge in [-0.3, -0.25) is 4.79 Å². The van der Waals surface area contributed by atoms with E-state index in [1.165, 1.54) is 12.8 Å². The largest absolute Gasteiger partial charge is 0.466 e. The Kier molecular flexibility index (Phi) is 6.39. The molecule has 0 saturated carbocycles. The van der Waals surface area contributed by atoms with E-state index in [4.69, 9.17) is 4.74 Å². The fraction of sp³-hybridized carbons (Fsp3) is 0.938. The van der Waals surface area contributed by atoms with Crippen molar-refractivity contribution in [2.24, 2.45) is 5.92 Å². The number of thioether (sulfide) groups is 1. The van der Waals surface area contributed by atoms with Crippen LogP contribution in [0.25, 0.3) is 0 Å². The lowest BCUT2D eigenvalue weighted by Crippen LogP contribution is -3.24. The standard InChI is InChI=1S/C16H31NO2S/c1-15(2)11-13(12-16(3,4)17(15)5)7-9-19-14(18)8-10-20-6/h13H,7-12H2,1-6H3/p+1. The number of hydrogen-bond acceptors (Lipinski definition) is 3. The molecule has 1 heterocycles. The molecule has 0 amide bonds. The molecule has 4 heteroatoms. The van der Waals surface area contributed by atoms with Gasteiger partial charge in [0.25, 0.3) is 0 Å². The van der Waals surface area contributed by atoms with E-state index in [9.17, 15) is 4.79 Å². The van der Waals surface area contributed by atoms with Gasteiger partial charge in [0, 0.05) is 18.6 Å². The van der Waals surface area contributed by atoms with Gasteiger partial charge >= 0.3 is 5.97 Å². The predicted molar refractivity (Wildman–Crippen MR) is 86.3 cm³/mol. The number of esters is 1. The van der Waals surface area contributed by atoms with Crippen LogP contribution in [0.3, 0.4) is 0 Å². The third-order valence-electron chi connectivity index (χ3n) is 4.93. The van der Waals surface area contributed by atoms with E-state index < -0.39 is 0 Å². The number of likely N-dealkylation sites (tertiary alicyclic amines) is 1. The van der Waals surface area contributed by atoms with Crippen LogP contribution in [0.5, 0.6) is 0 Å². The van der Waals surface area contributed by atoms with Gasteiger partial charge in [-0.15, -0.1) is 0 Å². The lowest BCUT2D eigenvalue weighted by molar-refractivity contribution is -0.983. The molecular weight excluding hydrogens is 270 g/mol. The van der Waals surface area contributed by atoms with Crippen LogP contribution < -0.4 is 4.90 Å². The van der Waals surface area contributed by atoms with Crippen molar-refractivity contribution >= 4 is 17.7 Å². The van der Waals surface area contributed by atoms with Crippen molar-refractivity contribution in [3.05, 3.63) is 0 Å². The van der Waals surface area contributed by atoms with Crippen LogP contribution in [0.1, 0.15) is 53.4 Å². The fourth-order valence-corrected chi connectivity index (χ4v) is 3.91. The Hall–Kier alpha value is -0.220. The van der Waals surface area contributed by atoms with Crippen LogP contribution in [0.15, 0.2) is 0 Å². The summed E-state index contributed by atoms with van der Waals surface area (Å²) in [5.74, 6) is 1.48. The van der Waals surface area contributed by atoms with Crippen molar-refractivity contribution in [2.45, 2.75) is 64.5 Å². The zero-order valence-corrected chi connectivity index (χ0v) is 14.9. The number of hydrogen-bond donors (Lipinski definition) is 1. The van der Waals surface area contributed by atoms with E-state index in [1.807, 2.05) is 6.26 Å². The van der Waals surface area contributed by atoms with Crippen molar-refractivity contribution in [1.82, 2.24) is 0 Å². The van der Waals surface area contributed by atoms with Gasteiger partial charge in [-0.1, -0.05) is 0 Å². The van der Waals surface area contributed by atoms with Crippen LogP contribution >= 0.6 is 11.8 Å². The van der Waals surface area contributed by atoms with E-state index in [2.05, 4.69) is 34.7 Å². The first-order chi connectivity index (χ1) is 9.19. The summed E-state index contributed by atoms with van der Waals surface area (Å²) < 4.78 is 5.35. The lowest BCUT2D eigenvalue weighted by Gasteiger charge is -2.50. The molecule has 0 unspecified atom stereocenters. The number of carbonyl (C=O) groups is 1. The summed E-state index contributed by atoms with van der Waals surface area (Å²) in [5, 5.41) is 0. The highest BCUT2D eigenvalue weighted by atomic mass is 32.2. The quantitative estimate of drug-likeness (QED) is 0.763. The van der Waals surface area contributed by atoms with Crippen LogP contribution in [0, 0.1) is 5.92 Å². The Morgan fingerprint density at radius 3 is 2.30 bits per heavy atom. The molecule has 0 radical (unpaired) electrons. The maximum atomic E-state index is 11.5. The molecule has 1 rings (SSSR count). The first-order valence-corrected chi connectivity index (χ1v) is 9.07. The first kappa shape index (κ1) is 17.8. The van der Waals surface area contributed by atoms with Crippen LogP contribution in [0.2, 0.25) is 0 Å². The van der Waals surface area contributed by atoms with Crippen molar-refractivity contribution in [3.63, 3.8) is 0 Å². The van der Waals surface area contributed by atoms with E-state index in [0.717, 1.165) is 12.2 Å². The zero-order chi connectivity index (χ0) is 15.4. The Labute approximate surface area is 128 Å². The fourth-order valence-electron chi connectivity index (χ4n) is 3.54. The lowest BCUT2D eigenvalue weighted by atomic mass is 9.73. The van der Waals surface area contributed by atoms with Gasteiger partial charge in [-0.2, -0.15) is 11.8 Å². The summed E-state index contributed by atoms with van der Waals surface area (Å²) >= 11 is 1.69. The molecule has 0 aliphatic carbocycles. The number of piperidine rings is 1. The molecule has 0 bridgehead atoms. The molecule has 0 aromatic carbocycles. The van der Waals surface area contributed by atoms with E-state index >= 15 is 0 Å². The van der Waals surface area contributed by atoms with Crippen molar-refractivity contribution in [3.8, 4) is 0 Å². The minimum absolute atomic E-state index is 0.0450. The number of quaternary nitrogens is 1. The molecule has 1 saturated heterocycles. The second-order valence-corrected chi connectivity index (χ2v) is 8.40. The van der Waals surface area contributed by atoms with E-state index in [1.54, 1.807) is 16.7 Å². The molecule has 1 N–H and O–H groups in total. The van der Waals surface area contributed by atoms with Gasteiger partial charge in [0.1, 0.15) is 0 Å². The highest BCUT2D eigenvalue weighted by molar-refractivity contribution is 7.98. The number of rotatable bonds is 6. The van der Waals surface area contributed by atoms with Crippen LogP contribution in [-0.2, 0) is 9.53 Å². The highest BCUT2D eigenvalue weighted by Crippen LogP contribution is 2.30. The van der Waals surface area contributed by atoms with E-state index in [0.29, 0.717) is 30.0 Å². The number of ether oxygens (including phenoxy) is 1. The summed E-state index contributed by atoms with van der Waals surface area (Å²) in [6.45, 7) is 9.98. The van der Waals surface area contributed by atoms with Crippen molar-refractivity contribution in [1.29, 1.82) is 0 Å². The maximum Gasteiger partial charge on any atom is 0.306 e. The molecule has 3 nitrogen and oxygen atoms in total. The highest BCUT2D eigenvalue weighted by Gasteiger charge is 2.46. The van der Waals surface area contributed by atoms with Crippen molar-refractivity contribution in [2.75, 3.05) is 25.7 Å². The Bertz CT molecular complexity index is 310. The molecular formula is C16H32NO2S+. The molecule has 0 spiro atoms. The summed E-state index contributed by atoms with van der Waals surface area (Å²) in [7, 11) is 2.30. The van der Waals surface area contributed by atoms with Gasteiger partial charge in [-0.25, -0.2) is 0 Å². The van der Waals surface area contributed by atoms with Gasteiger partial charge in [0.05, 0.1) is 31.2 Å². The third kappa shape index (κ3) is 4.96. The van der Waals surface area contributed by atoms with E-state index in [-0.39, 0.29) is 5.97 Å². The molecule has 1 aliphatic rings. The van der Waals surface area contributed by atoms with Gasteiger partial charge in [-0.05, 0) is 46.3 Å². The number of carbonyl (C=O) groups excluding carboxylic acids is 1. The zero-order valence-electron chi connectivity index (χ0n) is 14.0. The van der Waals surface area contributed by atoms with Gasteiger partial charge < -0.3 is 9.64 Å². The minimum atomic E-state index is -0.0450. The molecule has 20 heavy (non-hydrogen) atoms. The molecule has 0 aromatic heterocycles. The SMILES string of the molecule is CSCCC(=O)OCCC1CC(C)(C)[NH+](C)C(C)(C)C1. The molecule has 0 atom stereocenters. The second kappa shape index (κ2) is 7.17. The molecule has 118 valence electrons. The number of nitrogens with one attached hydrogen (secondary N) is 1. The van der Waals surface area contributed by atoms with Crippen molar-refractivity contribution < 1.29 is 14.4 Å². The summed E-state index contributed by atoms with van der Waals surface area (Å²) in [6, 6.07) is 0. The minimum Gasteiger partial charge on any atom is -0.466 e. The smallest absolute Gasteiger partial charge is 0.306 e. The Morgan fingerprint density at radius 2 is 1.80 bits per heavy atom. The maximum absolute atomic E-state index is 11.5. The second-order valence-electron chi connectivity index (χ2n) is 7.42. The third-order valence-corrected chi connectivity index (χ3v) is 5.54.